The zero-order chi connectivity index (χ0) is 16.4. The molecule has 2 aromatic carbocycles. The van der Waals surface area contributed by atoms with Gasteiger partial charge in [-0.05, 0) is 54.6 Å². The van der Waals surface area contributed by atoms with Gasteiger partial charge in [0.15, 0.2) is 0 Å². The molecule has 2 nitrogen and oxygen atoms in total. The number of benzene rings is 2. The Hall–Kier alpha value is -1.64. The van der Waals surface area contributed by atoms with Crippen LogP contribution >= 0.6 is 0 Å². The van der Waals surface area contributed by atoms with Crippen molar-refractivity contribution in [3.63, 3.8) is 0 Å². The second-order valence-corrected chi connectivity index (χ2v) is 8.71. The molecule has 0 aliphatic heterocycles. The first-order valence-corrected chi connectivity index (χ1v) is 9.22. The minimum atomic E-state index is -0.231. The van der Waals surface area contributed by atoms with Crippen LogP contribution in [0.25, 0.3) is 0 Å². The fourth-order valence-corrected chi connectivity index (χ4v) is 6.71. The average molecular weight is 318 g/mol. The van der Waals surface area contributed by atoms with Gasteiger partial charge in [0.05, 0.1) is 0 Å². The van der Waals surface area contributed by atoms with Crippen LogP contribution in [0.3, 0.4) is 0 Å². The van der Waals surface area contributed by atoms with Crippen LogP contribution in [0.15, 0.2) is 60.7 Å². The lowest BCUT2D eigenvalue weighted by Crippen LogP contribution is -2.77. The predicted octanol–water partition coefficient (Wildman–Crippen LogP) is 3.49. The maximum Gasteiger partial charge on any atom is 0.0327 e. The van der Waals surface area contributed by atoms with Crippen molar-refractivity contribution in [1.82, 2.24) is 0 Å². The number of hydrogen-bond acceptors (Lipinski definition) is 2. The van der Waals surface area contributed by atoms with E-state index in [1.165, 1.54) is 24.0 Å². The molecule has 2 heteroatoms. The Morgan fingerprint density at radius 3 is 2.04 bits per heavy atom. The highest BCUT2D eigenvalue weighted by atomic mass is 14.9. The van der Waals surface area contributed by atoms with Gasteiger partial charge < -0.3 is 11.5 Å². The minimum absolute atomic E-state index is 0.0330. The SMILES string of the molecule is NC1C2(N)CC3CC(c4ccccc4)(C2)CC1(c1ccccc1)C3. The van der Waals surface area contributed by atoms with E-state index in [2.05, 4.69) is 60.7 Å². The Morgan fingerprint density at radius 1 is 0.750 bits per heavy atom. The van der Waals surface area contributed by atoms with Crippen LogP contribution in [0, 0.1) is 5.92 Å². The van der Waals surface area contributed by atoms with E-state index in [0.717, 1.165) is 19.3 Å². The van der Waals surface area contributed by atoms with Crippen LogP contribution in [-0.2, 0) is 10.8 Å². The normalized spacial score (nSPS) is 43.1. The molecule has 4 N–H and O–H groups in total. The summed E-state index contributed by atoms with van der Waals surface area (Å²) in [6, 6.07) is 22.1. The molecule has 24 heavy (non-hydrogen) atoms. The molecule has 4 saturated carbocycles. The molecule has 124 valence electrons. The van der Waals surface area contributed by atoms with E-state index >= 15 is 0 Å². The molecule has 6 rings (SSSR count). The van der Waals surface area contributed by atoms with Gasteiger partial charge in [-0.3, -0.25) is 0 Å². The van der Waals surface area contributed by atoms with Gasteiger partial charge in [0.1, 0.15) is 0 Å². The first kappa shape index (κ1) is 14.7. The highest BCUT2D eigenvalue weighted by molar-refractivity contribution is 5.42. The van der Waals surface area contributed by atoms with Crippen molar-refractivity contribution in [3.05, 3.63) is 71.8 Å². The van der Waals surface area contributed by atoms with Crippen LogP contribution in [0.5, 0.6) is 0 Å². The summed E-state index contributed by atoms with van der Waals surface area (Å²) in [5, 5.41) is 0. The third-order valence-corrected chi connectivity index (χ3v) is 7.27. The van der Waals surface area contributed by atoms with E-state index in [1.54, 1.807) is 0 Å². The molecule has 0 heterocycles. The molecule has 5 unspecified atom stereocenters. The van der Waals surface area contributed by atoms with Gasteiger partial charge in [0.25, 0.3) is 0 Å². The quantitative estimate of drug-likeness (QED) is 0.890. The Kier molecular flexibility index (Phi) is 2.88. The van der Waals surface area contributed by atoms with Crippen molar-refractivity contribution < 1.29 is 0 Å². The third-order valence-electron chi connectivity index (χ3n) is 7.27. The molecule has 4 bridgehead atoms. The lowest BCUT2D eigenvalue weighted by atomic mass is 9.38. The molecular formula is C22H26N2. The van der Waals surface area contributed by atoms with Crippen molar-refractivity contribution >= 4 is 0 Å². The smallest absolute Gasteiger partial charge is 0.0327 e. The van der Waals surface area contributed by atoms with Crippen LogP contribution in [0.1, 0.15) is 43.2 Å². The second kappa shape index (κ2) is 4.71. The summed E-state index contributed by atoms with van der Waals surface area (Å²) in [5.74, 6) is 0.692. The summed E-state index contributed by atoms with van der Waals surface area (Å²) in [6.07, 6.45) is 5.75. The number of nitrogens with two attached hydrogens (primary N) is 2. The molecular weight excluding hydrogens is 292 g/mol. The summed E-state index contributed by atoms with van der Waals surface area (Å²) in [4.78, 5) is 0. The summed E-state index contributed by atoms with van der Waals surface area (Å²) < 4.78 is 0. The second-order valence-electron chi connectivity index (χ2n) is 8.71. The van der Waals surface area contributed by atoms with Gasteiger partial charge in [0, 0.05) is 17.0 Å². The Labute approximate surface area is 144 Å². The Bertz CT molecular complexity index is 758. The van der Waals surface area contributed by atoms with Gasteiger partial charge in [-0.25, -0.2) is 0 Å². The van der Waals surface area contributed by atoms with Crippen LogP contribution < -0.4 is 11.5 Å². The molecule has 5 atom stereocenters. The molecule has 0 saturated heterocycles. The highest BCUT2D eigenvalue weighted by Crippen LogP contribution is 2.66. The van der Waals surface area contributed by atoms with E-state index in [1.807, 2.05) is 0 Å². The minimum Gasteiger partial charge on any atom is -0.325 e. The highest BCUT2D eigenvalue weighted by Gasteiger charge is 2.66. The third kappa shape index (κ3) is 1.79. The Morgan fingerprint density at radius 2 is 1.38 bits per heavy atom. The fourth-order valence-electron chi connectivity index (χ4n) is 6.71. The molecule has 2 aromatic rings. The van der Waals surface area contributed by atoms with Gasteiger partial charge in [0.2, 0.25) is 0 Å². The van der Waals surface area contributed by atoms with Crippen LogP contribution in [0.2, 0.25) is 0 Å². The van der Waals surface area contributed by atoms with Crippen LogP contribution in [-0.4, -0.2) is 11.6 Å². The molecule has 4 aliphatic rings. The predicted molar refractivity (Wildman–Crippen MR) is 97.7 cm³/mol. The molecule has 0 spiro atoms. The summed E-state index contributed by atoms with van der Waals surface area (Å²) >= 11 is 0. The molecule has 0 amide bonds. The standard InChI is InChI=1S/C22H26N2/c23-19-21(18-9-5-2-6-10-18)12-16-11-20(14-21,15-22(19,24)13-16)17-7-3-1-4-8-17/h1-10,16,19H,11-15,23-24H2. The molecule has 0 aromatic heterocycles. The van der Waals surface area contributed by atoms with Crippen molar-refractivity contribution in [2.24, 2.45) is 17.4 Å². The summed E-state index contributed by atoms with van der Waals surface area (Å²) in [7, 11) is 0. The zero-order valence-electron chi connectivity index (χ0n) is 14.1. The fraction of sp³-hybridized carbons (Fsp3) is 0.455. The van der Waals surface area contributed by atoms with E-state index in [9.17, 15) is 0 Å². The van der Waals surface area contributed by atoms with E-state index < -0.39 is 0 Å². The van der Waals surface area contributed by atoms with Gasteiger partial charge in [-0.1, -0.05) is 60.7 Å². The zero-order valence-corrected chi connectivity index (χ0v) is 14.1. The summed E-state index contributed by atoms with van der Waals surface area (Å²) in [6.45, 7) is 0. The average Bonchev–Trinajstić information content (AvgIpc) is 2.60. The van der Waals surface area contributed by atoms with Gasteiger partial charge in [-0.15, -0.1) is 0 Å². The number of rotatable bonds is 2. The number of hydrogen-bond donors (Lipinski definition) is 2. The van der Waals surface area contributed by atoms with Crippen LogP contribution in [0.4, 0.5) is 0 Å². The van der Waals surface area contributed by atoms with E-state index in [0.29, 0.717) is 5.92 Å². The maximum absolute atomic E-state index is 6.98. The molecule has 4 aliphatic carbocycles. The van der Waals surface area contributed by atoms with Crippen molar-refractivity contribution in [2.45, 2.75) is 54.5 Å². The first-order chi connectivity index (χ1) is 11.6. The first-order valence-electron chi connectivity index (χ1n) is 9.22. The van der Waals surface area contributed by atoms with Crippen molar-refractivity contribution in [1.29, 1.82) is 0 Å². The van der Waals surface area contributed by atoms with Gasteiger partial charge in [-0.2, -0.15) is 0 Å². The van der Waals surface area contributed by atoms with E-state index in [4.69, 9.17) is 11.5 Å². The maximum atomic E-state index is 6.98. The molecule has 4 fully saturated rings. The van der Waals surface area contributed by atoms with Crippen molar-refractivity contribution in [3.8, 4) is 0 Å². The lowest BCUT2D eigenvalue weighted by Gasteiger charge is -2.69. The molecule has 0 radical (unpaired) electrons. The van der Waals surface area contributed by atoms with E-state index in [-0.39, 0.29) is 22.4 Å². The summed E-state index contributed by atoms with van der Waals surface area (Å²) in [5.41, 5.74) is 16.7. The Balaban J connectivity index is 1.70. The topological polar surface area (TPSA) is 52.0 Å². The van der Waals surface area contributed by atoms with Crippen molar-refractivity contribution in [2.75, 3.05) is 0 Å². The monoisotopic (exact) mass is 318 g/mol. The largest absolute Gasteiger partial charge is 0.325 e. The van der Waals surface area contributed by atoms with Gasteiger partial charge >= 0.3 is 0 Å². The lowest BCUT2D eigenvalue weighted by molar-refractivity contribution is -0.0615.